The highest BCUT2D eigenvalue weighted by molar-refractivity contribution is 5.97. The molecule has 0 bridgehead atoms. The molecule has 0 aromatic heterocycles. The quantitative estimate of drug-likeness (QED) is 0.850. The predicted octanol–water partition coefficient (Wildman–Crippen LogP) is 1.32. The number of piperazine rings is 1. The Kier molecular flexibility index (Phi) is 3.95. The lowest BCUT2D eigenvalue weighted by Crippen LogP contribution is -2.66. The molecule has 4 unspecified atom stereocenters. The van der Waals surface area contributed by atoms with E-state index in [1.807, 2.05) is 11.8 Å². The molecule has 5 heteroatoms. The van der Waals surface area contributed by atoms with Crippen molar-refractivity contribution in [1.82, 2.24) is 10.2 Å². The topological polar surface area (TPSA) is 58.6 Å². The molecule has 3 fully saturated rings. The second-order valence-corrected chi connectivity index (χ2v) is 7.14. The van der Waals surface area contributed by atoms with Crippen molar-refractivity contribution < 1.29 is 14.3 Å². The zero-order valence-corrected chi connectivity index (χ0v) is 13.2. The van der Waals surface area contributed by atoms with Crippen LogP contribution in [0.15, 0.2) is 0 Å². The average molecular weight is 294 g/mol. The first-order chi connectivity index (χ1) is 9.99. The van der Waals surface area contributed by atoms with E-state index < -0.39 is 0 Å². The molecule has 2 amide bonds. The Labute approximate surface area is 126 Å². The Morgan fingerprint density at radius 2 is 2.00 bits per heavy atom. The first-order valence-electron chi connectivity index (χ1n) is 8.23. The van der Waals surface area contributed by atoms with Crippen molar-refractivity contribution in [2.24, 2.45) is 11.8 Å². The van der Waals surface area contributed by atoms with E-state index in [4.69, 9.17) is 4.74 Å². The third-order valence-corrected chi connectivity index (χ3v) is 4.92. The summed E-state index contributed by atoms with van der Waals surface area (Å²) in [7, 11) is 0. The molecular formula is C16H26N2O3. The Morgan fingerprint density at radius 3 is 2.62 bits per heavy atom. The third kappa shape index (κ3) is 2.80. The van der Waals surface area contributed by atoms with Crippen molar-refractivity contribution in [1.29, 1.82) is 0 Å². The van der Waals surface area contributed by atoms with Crippen LogP contribution < -0.4 is 5.32 Å². The Bertz CT molecular complexity index is 433. The minimum Gasteiger partial charge on any atom is -0.376 e. The summed E-state index contributed by atoms with van der Waals surface area (Å²) in [5, 5.41) is 2.89. The summed E-state index contributed by atoms with van der Waals surface area (Å²) < 4.78 is 5.87. The van der Waals surface area contributed by atoms with Crippen LogP contribution in [0, 0.1) is 11.8 Å². The van der Waals surface area contributed by atoms with Gasteiger partial charge >= 0.3 is 0 Å². The van der Waals surface area contributed by atoms with Gasteiger partial charge < -0.3 is 15.0 Å². The van der Waals surface area contributed by atoms with E-state index in [9.17, 15) is 9.59 Å². The van der Waals surface area contributed by atoms with Crippen LogP contribution in [0.3, 0.4) is 0 Å². The van der Waals surface area contributed by atoms with Crippen LogP contribution in [0.5, 0.6) is 0 Å². The van der Waals surface area contributed by atoms with Crippen molar-refractivity contribution in [3.05, 3.63) is 0 Å². The lowest BCUT2D eigenvalue weighted by atomic mass is 9.95. The van der Waals surface area contributed by atoms with Crippen LogP contribution in [0.1, 0.15) is 46.5 Å². The molecule has 3 rings (SSSR count). The molecular weight excluding hydrogens is 268 g/mol. The Hall–Kier alpha value is -1.10. The first kappa shape index (κ1) is 14.8. The number of carbonyl (C=O) groups is 2. The van der Waals surface area contributed by atoms with Gasteiger partial charge in [0.15, 0.2) is 0 Å². The van der Waals surface area contributed by atoms with Crippen LogP contribution in [0.4, 0.5) is 0 Å². The third-order valence-electron chi connectivity index (χ3n) is 4.92. The van der Waals surface area contributed by atoms with Crippen LogP contribution in [-0.2, 0) is 14.3 Å². The minimum absolute atomic E-state index is 0.0262. The molecule has 2 saturated heterocycles. The van der Waals surface area contributed by atoms with Crippen LogP contribution in [0.25, 0.3) is 0 Å². The van der Waals surface area contributed by atoms with Crippen molar-refractivity contribution >= 4 is 11.8 Å². The fourth-order valence-electron chi connectivity index (χ4n) is 3.71. The van der Waals surface area contributed by atoms with Gasteiger partial charge in [-0.2, -0.15) is 0 Å². The van der Waals surface area contributed by atoms with Crippen LogP contribution in [0.2, 0.25) is 0 Å². The van der Waals surface area contributed by atoms with Gasteiger partial charge in [0.05, 0.1) is 12.1 Å². The van der Waals surface area contributed by atoms with Gasteiger partial charge in [0.1, 0.15) is 12.1 Å². The highest BCUT2D eigenvalue weighted by atomic mass is 16.5. The van der Waals surface area contributed by atoms with Gasteiger partial charge in [-0.3, -0.25) is 9.59 Å². The zero-order valence-electron chi connectivity index (χ0n) is 13.2. The molecule has 2 aliphatic heterocycles. The maximum absolute atomic E-state index is 12.8. The van der Waals surface area contributed by atoms with Gasteiger partial charge in [-0.25, -0.2) is 0 Å². The van der Waals surface area contributed by atoms with Crippen LogP contribution >= 0.6 is 0 Å². The number of rotatable bonds is 4. The molecule has 4 atom stereocenters. The normalized spacial score (nSPS) is 37.2. The van der Waals surface area contributed by atoms with Crippen LogP contribution in [-0.4, -0.2) is 47.6 Å². The van der Waals surface area contributed by atoms with E-state index in [0.29, 0.717) is 24.9 Å². The molecule has 0 aromatic carbocycles. The standard InChI is InChI=1S/C16H26N2O3/c1-9(2)8-12-16(20)18(10(3)15(19)17-12)13-6-7-21-14(13)11-4-5-11/h9-14H,4-8H2,1-3H3,(H,17,19). The number of ether oxygens (including phenoxy) is 1. The maximum atomic E-state index is 12.8. The molecule has 0 aromatic rings. The summed E-state index contributed by atoms with van der Waals surface area (Å²) in [6, 6.07) is -0.663. The average Bonchev–Trinajstić information content (AvgIpc) is 3.15. The van der Waals surface area contributed by atoms with E-state index >= 15 is 0 Å². The van der Waals surface area contributed by atoms with E-state index in [2.05, 4.69) is 19.2 Å². The summed E-state index contributed by atoms with van der Waals surface area (Å²) >= 11 is 0. The summed E-state index contributed by atoms with van der Waals surface area (Å²) in [5.74, 6) is 1.03. The van der Waals surface area contributed by atoms with Gasteiger partial charge in [-0.15, -0.1) is 0 Å². The fourth-order valence-corrected chi connectivity index (χ4v) is 3.71. The fraction of sp³-hybridized carbons (Fsp3) is 0.875. The highest BCUT2D eigenvalue weighted by Crippen LogP contribution is 2.41. The SMILES string of the molecule is CC(C)CC1NC(=O)C(C)N(C2CCOC2C2CC2)C1=O. The molecule has 21 heavy (non-hydrogen) atoms. The molecule has 1 N–H and O–H groups in total. The Morgan fingerprint density at radius 1 is 1.29 bits per heavy atom. The summed E-state index contributed by atoms with van der Waals surface area (Å²) in [6.45, 7) is 6.70. The first-order valence-corrected chi connectivity index (χ1v) is 8.23. The minimum atomic E-state index is -0.381. The van der Waals surface area contributed by atoms with Crippen molar-refractivity contribution in [3.8, 4) is 0 Å². The summed E-state index contributed by atoms with van der Waals surface area (Å²) in [5.41, 5.74) is 0. The highest BCUT2D eigenvalue weighted by Gasteiger charge is 2.49. The predicted molar refractivity (Wildman–Crippen MR) is 78.6 cm³/mol. The molecule has 3 aliphatic rings. The van der Waals surface area contributed by atoms with Crippen molar-refractivity contribution in [2.45, 2.75) is 70.7 Å². The smallest absolute Gasteiger partial charge is 0.246 e. The Balaban J connectivity index is 1.80. The molecule has 1 aliphatic carbocycles. The van der Waals surface area contributed by atoms with E-state index in [1.165, 1.54) is 12.8 Å². The van der Waals surface area contributed by atoms with E-state index in [0.717, 1.165) is 6.42 Å². The van der Waals surface area contributed by atoms with Gasteiger partial charge in [0.2, 0.25) is 11.8 Å². The number of amides is 2. The number of nitrogens with zero attached hydrogens (tertiary/aromatic N) is 1. The summed E-state index contributed by atoms with van der Waals surface area (Å²) in [6.07, 6.45) is 4.09. The number of nitrogens with one attached hydrogen (secondary N) is 1. The zero-order chi connectivity index (χ0) is 15.1. The molecule has 0 spiro atoms. The largest absolute Gasteiger partial charge is 0.376 e. The number of hydrogen-bond donors (Lipinski definition) is 1. The number of hydrogen-bond acceptors (Lipinski definition) is 3. The number of carbonyl (C=O) groups excluding carboxylic acids is 2. The second-order valence-electron chi connectivity index (χ2n) is 7.14. The van der Waals surface area contributed by atoms with E-state index in [1.54, 1.807) is 0 Å². The van der Waals surface area contributed by atoms with Gasteiger partial charge in [-0.1, -0.05) is 13.8 Å². The second kappa shape index (κ2) is 5.59. The molecule has 5 nitrogen and oxygen atoms in total. The van der Waals surface area contributed by atoms with Gasteiger partial charge in [0.25, 0.3) is 0 Å². The molecule has 118 valence electrons. The van der Waals surface area contributed by atoms with Crippen molar-refractivity contribution in [3.63, 3.8) is 0 Å². The molecule has 1 saturated carbocycles. The summed E-state index contributed by atoms with van der Waals surface area (Å²) in [4.78, 5) is 26.9. The van der Waals surface area contributed by atoms with Gasteiger partial charge in [0, 0.05) is 6.61 Å². The van der Waals surface area contributed by atoms with Gasteiger partial charge in [-0.05, 0) is 44.4 Å². The molecule has 2 heterocycles. The van der Waals surface area contributed by atoms with E-state index in [-0.39, 0.29) is 36.0 Å². The molecule has 0 radical (unpaired) electrons. The monoisotopic (exact) mass is 294 g/mol. The van der Waals surface area contributed by atoms with Crippen molar-refractivity contribution in [2.75, 3.05) is 6.61 Å². The lowest BCUT2D eigenvalue weighted by molar-refractivity contribution is -0.153. The maximum Gasteiger partial charge on any atom is 0.246 e. The lowest BCUT2D eigenvalue weighted by Gasteiger charge is -2.42.